The minimum Gasteiger partial charge on any atom is -0.313 e. The summed E-state index contributed by atoms with van der Waals surface area (Å²) < 4.78 is 2.00. The second-order valence-electron chi connectivity index (χ2n) is 4.44. The van der Waals surface area contributed by atoms with Gasteiger partial charge in [-0.15, -0.1) is 0 Å². The number of nitrogens with one attached hydrogen (secondary N) is 1. The normalized spacial score (nSPS) is 12.6. The van der Waals surface area contributed by atoms with Gasteiger partial charge in [0.2, 0.25) is 0 Å². The molecule has 0 spiro atoms. The van der Waals surface area contributed by atoms with Crippen LogP contribution in [0, 0.1) is 0 Å². The van der Waals surface area contributed by atoms with Gasteiger partial charge in [0.15, 0.2) is 0 Å². The summed E-state index contributed by atoms with van der Waals surface area (Å²) in [5.74, 6) is 0. The zero-order valence-corrected chi connectivity index (χ0v) is 11.0. The quantitative estimate of drug-likeness (QED) is 0.847. The summed E-state index contributed by atoms with van der Waals surface area (Å²) >= 11 is 0. The van der Waals surface area contributed by atoms with Gasteiger partial charge < -0.3 is 5.32 Å². The summed E-state index contributed by atoms with van der Waals surface area (Å²) in [5.41, 5.74) is 2.47. The summed E-state index contributed by atoms with van der Waals surface area (Å²) in [6, 6.07) is 4.37. The van der Waals surface area contributed by atoms with Gasteiger partial charge in [-0.25, -0.2) is 0 Å². The Bertz CT molecular complexity index is 464. The number of likely N-dealkylation sites (N-methyl/N-ethyl adjacent to an activating group) is 1. The number of aromatic nitrogens is 3. The van der Waals surface area contributed by atoms with Crippen LogP contribution in [0.2, 0.25) is 0 Å². The van der Waals surface area contributed by atoms with Crippen molar-refractivity contribution in [1.29, 1.82) is 0 Å². The molecule has 0 amide bonds. The molecule has 0 aliphatic carbocycles. The maximum Gasteiger partial charge on any atom is 0.0537 e. The maximum absolute atomic E-state index is 4.38. The molecule has 0 aromatic carbocycles. The predicted molar refractivity (Wildman–Crippen MR) is 72.3 cm³/mol. The highest BCUT2D eigenvalue weighted by Crippen LogP contribution is 2.17. The van der Waals surface area contributed by atoms with Gasteiger partial charge >= 0.3 is 0 Å². The topological polar surface area (TPSA) is 42.7 Å². The van der Waals surface area contributed by atoms with Crippen LogP contribution in [-0.2, 0) is 13.0 Å². The molecule has 2 aromatic heterocycles. The van der Waals surface area contributed by atoms with Gasteiger partial charge in [-0.05, 0) is 31.5 Å². The number of hydrogen-bond donors (Lipinski definition) is 1. The van der Waals surface area contributed by atoms with Crippen LogP contribution in [-0.4, -0.2) is 21.8 Å². The lowest BCUT2D eigenvalue weighted by Gasteiger charge is -2.14. The molecule has 1 atom stereocenters. The molecule has 1 unspecified atom stereocenters. The molecule has 1 N–H and O–H groups in total. The molecule has 2 heterocycles. The van der Waals surface area contributed by atoms with Gasteiger partial charge in [-0.3, -0.25) is 9.67 Å². The molecular formula is C14H20N4. The van der Waals surface area contributed by atoms with Crippen molar-refractivity contribution in [3.63, 3.8) is 0 Å². The molecule has 18 heavy (non-hydrogen) atoms. The third kappa shape index (κ3) is 3.17. The summed E-state index contributed by atoms with van der Waals surface area (Å²) in [6.45, 7) is 3.13. The Morgan fingerprint density at radius 3 is 2.94 bits per heavy atom. The van der Waals surface area contributed by atoms with Gasteiger partial charge in [0.1, 0.15) is 0 Å². The average molecular weight is 244 g/mol. The highest BCUT2D eigenvalue weighted by atomic mass is 15.3. The van der Waals surface area contributed by atoms with Crippen molar-refractivity contribution in [3.05, 3.63) is 48.0 Å². The van der Waals surface area contributed by atoms with Crippen LogP contribution in [0.5, 0.6) is 0 Å². The zero-order valence-electron chi connectivity index (χ0n) is 11.0. The summed E-state index contributed by atoms with van der Waals surface area (Å²) in [5, 5.41) is 7.72. The first kappa shape index (κ1) is 12.8. The lowest BCUT2D eigenvalue weighted by Crippen LogP contribution is -2.18. The number of hydrogen-bond acceptors (Lipinski definition) is 3. The van der Waals surface area contributed by atoms with E-state index in [9.17, 15) is 0 Å². The van der Waals surface area contributed by atoms with Gasteiger partial charge in [-0.1, -0.05) is 13.0 Å². The van der Waals surface area contributed by atoms with E-state index in [-0.39, 0.29) is 0 Å². The van der Waals surface area contributed by atoms with Crippen LogP contribution >= 0.6 is 0 Å². The Hall–Kier alpha value is -1.68. The predicted octanol–water partition coefficient (Wildman–Crippen LogP) is 2.19. The molecule has 4 heteroatoms. The zero-order chi connectivity index (χ0) is 12.8. The Kier molecular flexibility index (Phi) is 4.47. The van der Waals surface area contributed by atoms with Gasteiger partial charge in [0, 0.05) is 36.7 Å². The van der Waals surface area contributed by atoms with Crippen molar-refractivity contribution in [2.45, 2.75) is 32.4 Å². The molecule has 0 bridgehead atoms. The van der Waals surface area contributed by atoms with E-state index in [1.165, 1.54) is 11.1 Å². The molecule has 0 saturated heterocycles. The monoisotopic (exact) mass is 244 g/mol. The summed E-state index contributed by atoms with van der Waals surface area (Å²) in [6.07, 6.45) is 9.84. The third-order valence-corrected chi connectivity index (χ3v) is 3.02. The Morgan fingerprint density at radius 2 is 2.28 bits per heavy atom. The van der Waals surface area contributed by atoms with E-state index in [0.717, 1.165) is 19.4 Å². The second kappa shape index (κ2) is 6.31. The highest BCUT2D eigenvalue weighted by Gasteiger charge is 2.12. The molecule has 0 fully saturated rings. The number of nitrogens with zero attached hydrogens (tertiary/aromatic N) is 3. The van der Waals surface area contributed by atoms with Crippen LogP contribution < -0.4 is 5.32 Å². The number of pyridine rings is 1. The standard InChI is InChI=1S/C14H20N4/c1-3-7-18-11-13(10-17-18)14(15-2)8-12-5-4-6-16-9-12/h4-6,9-11,14-15H,3,7-8H2,1-2H3. The smallest absolute Gasteiger partial charge is 0.0537 e. The van der Waals surface area contributed by atoms with Crippen molar-refractivity contribution in [3.8, 4) is 0 Å². The molecule has 2 aromatic rings. The molecule has 0 aliphatic heterocycles. The van der Waals surface area contributed by atoms with Crippen molar-refractivity contribution in [2.24, 2.45) is 0 Å². The molecular weight excluding hydrogens is 224 g/mol. The Balaban J connectivity index is 2.08. The van der Waals surface area contributed by atoms with Crippen LogP contribution in [0.4, 0.5) is 0 Å². The van der Waals surface area contributed by atoms with E-state index in [1.807, 2.05) is 30.2 Å². The second-order valence-corrected chi connectivity index (χ2v) is 4.44. The van der Waals surface area contributed by atoms with Gasteiger partial charge in [0.25, 0.3) is 0 Å². The highest BCUT2D eigenvalue weighted by molar-refractivity contribution is 5.17. The molecule has 0 aliphatic rings. The van der Waals surface area contributed by atoms with Gasteiger partial charge in [0.05, 0.1) is 6.20 Å². The van der Waals surface area contributed by atoms with E-state index in [0.29, 0.717) is 6.04 Å². The number of rotatable bonds is 6. The summed E-state index contributed by atoms with van der Waals surface area (Å²) in [4.78, 5) is 4.15. The molecule has 0 radical (unpaired) electrons. The average Bonchev–Trinajstić information content (AvgIpc) is 2.86. The first-order valence-corrected chi connectivity index (χ1v) is 6.42. The molecule has 2 rings (SSSR count). The lowest BCUT2D eigenvalue weighted by atomic mass is 10.0. The van der Waals surface area contributed by atoms with Gasteiger partial charge in [-0.2, -0.15) is 5.10 Å². The molecule has 0 saturated carbocycles. The first-order chi connectivity index (χ1) is 8.83. The minimum absolute atomic E-state index is 0.291. The molecule has 96 valence electrons. The van der Waals surface area contributed by atoms with Crippen molar-refractivity contribution >= 4 is 0 Å². The lowest BCUT2D eigenvalue weighted by molar-refractivity contribution is 0.581. The fourth-order valence-electron chi connectivity index (χ4n) is 2.05. The van der Waals surface area contributed by atoms with Crippen LogP contribution in [0.3, 0.4) is 0 Å². The minimum atomic E-state index is 0.291. The third-order valence-electron chi connectivity index (χ3n) is 3.02. The van der Waals surface area contributed by atoms with E-state index < -0.39 is 0 Å². The summed E-state index contributed by atoms with van der Waals surface area (Å²) in [7, 11) is 1.98. The van der Waals surface area contributed by atoms with Crippen molar-refractivity contribution in [1.82, 2.24) is 20.1 Å². The fourth-order valence-corrected chi connectivity index (χ4v) is 2.05. The first-order valence-electron chi connectivity index (χ1n) is 6.42. The molecule has 4 nitrogen and oxygen atoms in total. The van der Waals surface area contributed by atoms with E-state index in [4.69, 9.17) is 0 Å². The Labute approximate surface area is 108 Å². The van der Waals surface area contributed by atoms with Crippen LogP contribution in [0.1, 0.15) is 30.5 Å². The van der Waals surface area contributed by atoms with E-state index in [2.05, 4.69) is 34.6 Å². The fraction of sp³-hybridized carbons (Fsp3) is 0.429. The van der Waals surface area contributed by atoms with Crippen LogP contribution in [0.25, 0.3) is 0 Å². The van der Waals surface area contributed by atoms with Crippen molar-refractivity contribution < 1.29 is 0 Å². The SMILES string of the molecule is CCCn1cc(C(Cc2cccnc2)NC)cn1. The van der Waals surface area contributed by atoms with E-state index >= 15 is 0 Å². The Morgan fingerprint density at radius 1 is 1.39 bits per heavy atom. The van der Waals surface area contributed by atoms with E-state index in [1.54, 1.807) is 6.20 Å². The van der Waals surface area contributed by atoms with Crippen molar-refractivity contribution in [2.75, 3.05) is 7.05 Å². The maximum atomic E-state index is 4.38. The number of aryl methyl sites for hydroxylation is 1. The van der Waals surface area contributed by atoms with Crippen LogP contribution in [0.15, 0.2) is 36.9 Å². The largest absolute Gasteiger partial charge is 0.313 e.